The van der Waals surface area contributed by atoms with Gasteiger partial charge in [-0.1, -0.05) is 48.5 Å². The number of hydrogen-bond donors (Lipinski definition) is 1. The number of nitrogen functional groups attached to an aromatic ring is 1. The number of aryl methyl sites for hydroxylation is 1. The fraction of sp³-hybridized carbons (Fsp3) is 0.244. The molecule has 0 spiro atoms. The highest BCUT2D eigenvalue weighted by atomic mass is 16.5. The molecule has 0 saturated heterocycles. The van der Waals surface area contributed by atoms with Gasteiger partial charge < -0.3 is 34.5 Å². The highest BCUT2D eigenvalue weighted by Crippen LogP contribution is 2.39. The second-order valence-corrected chi connectivity index (χ2v) is 14.3. The van der Waals surface area contributed by atoms with Crippen LogP contribution >= 0.6 is 0 Å². The summed E-state index contributed by atoms with van der Waals surface area (Å²) in [6, 6.07) is 29.0. The molecule has 0 saturated carbocycles. The Bertz CT molecular complexity index is 2370. The Hall–Kier alpha value is -6.62. The molecule has 0 aromatic heterocycles. The maximum atomic E-state index is 13.8. The zero-order chi connectivity index (χ0) is 38.8. The van der Waals surface area contributed by atoms with Crippen LogP contribution < -0.4 is 24.7 Å². The highest BCUT2D eigenvalue weighted by Gasteiger charge is 2.33. The smallest absolute Gasteiger partial charge is 0.257 e. The lowest BCUT2D eigenvalue weighted by Gasteiger charge is -2.34. The molecule has 3 heterocycles. The first-order valence-electron chi connectivity index (χ1n) is 18.6. The number of rotatable bonds is 11. The Morgan fingerprint density at radius 3 is 2.09 bits per heavy atom. The second-order valence-electron chi connectivity index (χ2n) is 14.3. The molecule has 2 atom stereocenters. The molecule has 2 N–H and O–H groups in total. The summed E-state index contributed by atoms with van der Waals surface area (Å²) >= 11 is 0. The SMILES string of the molecule is COc1cc2c(cc1OCc1cc(N)cc(COc3cc(/N=C\C4Cc5ccccc5CN4C=O)c(C)cc3OC)c1)N=CC1Cc3ccccc3CN1C2=O. The standard InChI is InChI=1S/C45H43N5O6/c1-28-12-41(53-2)43(19-39(28)47-21-36-16-31-8-4-6-10-33(31)23-49(36)27-51)55-25-29-13-30(15-35(46)14-29)26-56-44-20-40-38(18-42(44)54-3)45(52)50-24-34-11-7-5-9-32(34)17-37(50)22-48-40/h4-15,18-22,27,36-37H,16-17,23-26,46H2,1-3H3/b47-21-. The molecule has 11 nitrogen and oxygen atoms in total. The third-order valence-corrected chi connectivity index (χ3v) is 10.6. The third-order valence-electron chi connectivity index (χ3n) is 10.6. The van der Waals surface area contributed by atoms with E-state index in [1.54, 1.807) is 31.3 Å². The van der Waals surface area contributed by atoms with Gasteiger partial charge in [-0.05, 0) is 89.0 Å². The van der Waals surface area contributed by atoms with E-state index in [9.17, 15) is 9.59 Å². The van der Waals surface area contributed by atoms with E-state index in [-0.39, 0.29) is 31.2 Å². The summed E-state index contributed by atoms with van der Waals surface area (Å²) < 4.78 is 24.0. The van der Waals surface area contributed by atoms with E-state index in [4.69, 9.17) is 34.7 Å². The number of anilines is 1. The van der Waals surface area contributed by atoms with Gasteiger partial charge in [0.05, 0.1) is 43.2 Å². The number of methoxy groups -OCH3 is 2. The minimum absolute atomic E-state index is 0.0913. The van der Waals surface area contributed by atoms with Gasteiger partial charge in [0.2, 0.25) is 6.41 Å². The van der Waals surface area contributed by atoms with Crippen molar-refractivity contribution in [3.05, 3.63) is 136 Å². The molecule has 11 heteroatoms. The van der Waals surface area contributed by atoms with Crippen molar-refractivity contribution in [2.75, 3.05) is 20.0 Å². The highest BCUT2D eigenvalue weighted by molar-refractivity contribution is 6.03. The fourth-order valence-corrected chi connectivity index (χ4v) is 7.65. The fourth-order valence-electron chi connectivity index (χ4n) is 7.65. The zero-order valence-corrected chi connectivity index (χ0v) is 31.6. The number of carbonyl (C=O) groups is 2. The van der Waals surface area contributed by atoms with E-state index in [1.165, 1.54) is 11.1 Å². The maximum absolute atomic E-state index is 13.8. The summed E-state index contributed by atoms with van der Waals surface area (Å²) in [5.41, 5.74) is 16.0. The maximum Gasteiger partial charge on any atom is 0.257 e. The number of nitrogens with zero attached hydrogens (tertiary/aromatic N) is 4. The number of aliphatic imine (C=N–C) groups is 2. The molecule has 8 rings (SSSR count). The Morgan fingerprint density at radius 2 is 1.41 bits per heavy atom. The number of hydrogen-bond acceptors (Lipinski definition) is 9. The van der Waals surface area contributed by atoms with E-state index < -0.39 is 0 Å². The molecule has 2 unspecified atom stereocenters. The van der Waals surface area contributed by atoms with Crippen LogP contribution in [0, 0.1) is 6.92 Å². The molecule has 2 amide bonds. The molecule has 0 aliphatic carbocycles. The normalized spacial score (nSPS) is 17.0. The van der Waals surface area contributed by atoms with E-state index in [2.05, 4.69) is 24.3 Å². The molecule has 0 radical (unpaired) electrons. The molecule has 284 valence electrons. The van der Waals surface area contributed by atoms with Crippen molar-refractivity contribution in [3.63, 3.8) is 0 Å². The molecule has 5 aromatic rings. The van der Waals surface area contributed by atoms with Crippen molar-refractivity contribution in [2.24, 2.45) is 9.98 Å². The lowest BCUT2D eigenvalue weighted by atomic mass is 9.94. The van der Waals surface area contributed by atoms with Crippen molar-refractivity contribution in [1.82, 2.24) is 9.80 Å². The quantitative estimate of drug-likeness (QED) is 0.0852. The number of nitrogens with two attached hydrogens (primary N) is 1. The van der Waals surface area contributed by atoms with Crippen LogP contribution in [0.15, 0.2) is 101 Å². The van der Waals surface area contributed by atoms with Crippen LogP contribution in [0.3, 0.4) is 0 Å². The predicted octanol–water partition coefficient (Wildman–Crippen LogP) is 7.32. The average molecular weight is 750 g/mol. The number of ether oxygens (including phenoxy) is 4. The Kier molecular flexibility index (Phi) is 10.1. The molecule has 5 aromatic carbocycles. The van der Waals surface area contributed by atoms with Crippen LogP contribution in [0.1, 0.15) is 49.3 Å². The minimum Gasteiger partial charge on any atom is -0.493 e. The van der Waals surface area contributed by atoms with Crippen LogP contribution in [0.4, 0.5) is 17.1 Å². The minimum atomic E-state index is -0.164. The molecular weight excluding hydrogens is 707 g/mol. The first-order valence-corrected chi connectivity index (χ1v) is 18.6. The van der Waals surface area contributed by atoms with Crippen molar-refractivity contribution in [2.45, 2.75) is 58.2 Å². The summed E-state index contributed by atoms with van der Waals surface area (Å²) in [6.07, 6.45) is 5.98. The summed E-state index contributed by atoms with van der Waals surface area (Å²) in [6.45, 7) is 3.43. The van der Waals surface area contributed by atoms with Crippen LogP contribution in [0.2, 0.25) is 0 Å². The van der Waals surface area contributed by atoms with Crippen LogP contribution in [0.5, 0.6) is 23.0 Å². The van der Waals surface area contributed by atoms with E-state index >= 15 is 0 Å². The topological polar surface area (TPSA) is 128 Å². The molecule has 0 fully saturated rings. The Balaban J connectivity index is 0.966. The van der Waals surface area contributed by atoms with Gasteiger partial charge in [0, 0.05) is 43.3 Å². The first kappa shape index (κ1) is 36.4. The van der Waals surface area contributed by atoms with Crippen LogP contribution in [0.25, 0.3) is 0 Å². The number of amides is 2. The van der Waals surface area contributed by atoms with Gasteiger partial charge in [0.15, 0.2) is 23.0 Å². The lowest BCUT2D eigenvalue weighted by molar-refractivity contribution is -0.119. The monoisotopic (exact) mass is 749 g/mol. The van der Waals surface area contributed by atoms with E-state index in [0.717, 1.165) is 34.2 Å². The summed E-state index contributed by atoms with van der Waals surface area (Å²) in [7, 11) is 3.16. The van der Waals surface area contributed by atoms with Gasteiger partial charge >= 0.3 is 0 Å². The summed E-state index contributed by atoms with van der Waals surface area (Å²) in [4.78, 5) is 38.9. The number of carbonyl (C=O) groups excluding carboxylic acids is 2. The van der Waals surface area contributed by atoms with Crippen molar-refractivity contribution >= 4 is 41.8 Å². The van der Waals surface area contributed by atoms with Crippen molar-refractivity contribution < 1.29 is 28.5 Å². The molecular formula is C45H43N5O6. The van der Waals surface area contributed by atoms with Gasteiger partial charge in [0.1, 0.15) is 13.2 Å². The van der Waals surface area contributed by atoms with Gasteiger partial charge in [0.25, 0.3) is 5.91 Å². The molecule has 3 aliphatic heterocycles. The average Bonchev–Trinajstić information content (AvgIpc) is 3.34. The van der Waals surface area contributed by atoms with E-state index in [1.807, 2.05) is 78.9 Å². The largest absolute Gasteiger partial charge is 0.493 e. The Labute approximate surface area is 326 Å². The number of benzene rings is 5. The van der Waals surface area contributed by atoms with Gasteiger partial charge in [-0.3, -0.25) is 19.6 Å². The van der Waals surface area contributed by atoms with Crippen LogP contribution in [-0.2, 0) is 43.9 Å². The number of fused-ring (bicyclic) bond motifs is 4. The van der Waals surface area contributed by atoms with Crippen molar-refractivity contribution in [1.29, 1.82) is 0 Å². The van der Waals surface area contributed by atoms with E-state index in [0.29, 0.717) is 71.6 Å². The zero-order valence-electron chi connectivity index (χ0n) is 31.6. The summed E-state index contributed by atoms with van der Waals surface area (Å²) in [5.74, 6) is 1.91. The predicted molar refractivity (Wildman–Crippen MR) is 216 cm³/mol. The van der Waals surface area contributed by atoms with Gasteiger partial charge in [-0.2, -0.15) is 0 Å². The first-order chi connectivity index (χ1) is 27.3. The molecule has 3 aliphatic rings. The molecule has 0 bridgehead atoms. The third kappa shape index (κ3) is 7.40. The van der Waals surface area contributed by atoms with Gasteiger partial charge in [-0.15, -0.1) is 0 Å². The van der Waals surface area contributed by atoms with Crippen molar-refractivity contribution in [3.8, 4) is 23.0 Å². The van der Waals surface area contributed by atoms with Crippen LogP contribution in [-0.4, -0.2) is 60.8 Å². The molecule has 56 heavy (non-hydrogen) atoms. The summed E-state index contributed by atoms with van der Waals surface area (Å²) in [5, 5.41) is 0. The second kappa shape index (κ2) is 15.6. The van der Waals surface area contributed by atoms with Gasteiger partial charge in [-0.25, -0.2) is 0 Å². The lowest BCUT2D eigenvalue weighted by Crippen LogP contribution is -2.44. The Morgan fingerprint density at radius 1 is 0.786 bits per heavy atom.